The Morgan fingerprint density at radius 1 is 0.316 bits per heavy atom. The van der Waals surface area contributed by atoms with Crippen molar-refractivity contribution in [2.24, 2.45) is 0 Å². The van der Waals surface area contributed by atoms with Crippen LogP contribution >= 0.6 is 7.82 Å². The predicted molar refractivity (Wildman–Crippen MR) is 427 cm³/mol. The minimum Gasteiger partial charge on any atom is -0.462 e. The van der Waals surface area contributed by atoms with Crippen molar-refractivity contribution in [2.75, 3.05) is 47.5 Å². The van der Waals surface area contributed by atoms with Crippen molar-refractivity contribution < 1.29 is 42.1 Å². The molecule has 0 fully saturated rings. The Balaban J connectivity index is 3.94. The first-order chi connectivity index (χ1) is 48.0. The Kier molecular flexibility index (Phi) is 74.3. The molecule has 0 radical (unpaired) electrons. The highest BCUT2D eigenvalue weighted by atomic mass is 31.2. The van der Waals surface area contributed by atoms with Gasteiger partial charge in [0.05, 0.1) is 27.7 Å². The monoisotopic (exact) mass is 1390 g/mol. The molecule has 9 nitrogen and oxygen atoms in total. The molecule has 0 aromatic heterocycles. The highest BCUT2D eigenvalue weighted by Gasteiger charge is 2.27. The molecule has 564 valence electrons. The summed E-state index contributed by atoms with van der Waals surface area (Å²) in [4.78, 5) is 36.0. The van der Waals surface area contributed by atoms with Gasteiger partial charge in [-0.25, -0.2) is 4.57 Å². The Morgan fingerprint density at radius 2 is 0.551 bits per heavy atom. The molecule has 0 spiro atoms. The molecular weight excluding hydrogens is 1230 g/mol. The molecule has 0 saturated carbocycles. The van der Waals surface area contributed by atoms with Gasteiger partial charge >= 0.3 is 19.8 Å². The molecule has 0 heterocycles. The van der Waals surface area contributed by atoms with Crippen LogP contribution in [0.4, 0.5) is 0 Å². The minimum absolute atomic E-state index is 0.0289. The Hall–Kier alpha value is -3.85. The fourth-order valence-electron chi connectivity index (χ4n) is 11.5. The molecule has 2 atom stereocenters. The summed E-state index contributed by atoms with van der Waals surface area (Å²) in [6.45, 7) is 4.24. The number of likely N-dealkylation sites (N-methyl/N-ethyl adjacent to an activating group) is 1. The quantitative estimate of drug-likeness (QED) is 0.0211. The summed E-state index contributed by atoms with van der Waals surface area (Å²) in [5.74, 6) is -0.788. The molecule has 2 unspecified atom stereocenters. The van der Waals surface area contributed by atoms with Crippen LogP contribution in [-0.2, 0) is 32.7 Å². The van der Waals surface area contributed by atoms with E-state index >= 15 is 0 Å². The molecule has 98 heavy (non-hydrogen) atoms. The average molecular weight is 1390 g/mol. The standard InChI is InChI=1S/C88H154NO8P/c1-6-8-10-12-14-16-18-20-22-24-26-28-30-32-34-36-38-40-42-43-44-45-47-48-50-52-54-56-58-60-62-64-66-68-70-72-74-76-78-80-87(90)94-84-86(85-96-98(92,93)95-83-82-89(3,4)5)97-88(91)81-79-77-75-73-71-69-67-65-63-61-59-57-55-53-51-49-46-41-39-37-35-33-31-29-27-25-23-21-19-17-15-13-11-9-7-2/h8-11,14-17,20-23,26-29,33,35,39,41,49,51,86H,6-7,12-13,18-19,24-25,30-32,34,36-38,40,42-48,50,52-85H2,1-5H3/p+1/b10-8-,11-9-,16-14-,17-15-,22-20-,23-21-,28-26-,29-27-,35-33-,41-39-,51-49-. The molecule has 0 aromatic rings. The van der Waals surface area contributed by atoms with E-state index < -0.39 is 26.5 Å². The summed E-state index contributed by atoms with van der Waals surface area (Å²) in [7, 11) is 1.48. The Bertz CT molecular complexity index is 2120. The molecule has 10 heteroatoms. The van der Waals surface area contributed by atoms with Crippen LogP contribution in [-0.4, -0.2) is 74.9 Å². The SMILES string of the molecule is CC/C=C\C/C=C\C/C=C\C/C=C\C/C=C\C/C=C\C/C=C\CCCCCCCCCCCCCCCC(=O)OC(COC(=O)CCCCCCCCCCCCCCCCCCCCCCCCCCCC/C=C\C/C=C\C/C=C\C/C=C\CC)COP(=O)(O)OCC[N+](C)(C)C. The molecule has 0 rings (SSSR count). The number of phosphoric ester groups is 1. The third-order valence-corrected chi connectivity index (χ3v) is 18.7. The van der Waals surface area contributed by atoms with Crippen molar-refractivity contribution in [1.29, 1.82) is 0 Å². The fourth-order valence-corrected chi connectivity index (χ4v) is 12.3. The normalized spacial score (nSPS) is 13.7. The fraction of sp³-hybridized carbons (Fsp3) is 0.727. The van der Waals surface area contributed by atoms with Crippen molar-refractivity contribution >= 4 is 19.8 Å². The first kappa shape index (κ1) is 94.2. The molecular formula is C88H155NO8P+. The number of rotatable bonds is 75. The van der Waals surface area contributed by atoms with E-state index in [1.54, 1.807) is 0 Å². The number of carbonyl (C=O) groups excluding carboxylic acids is 2. The number of hydrogen-bond donors (Lipinski definition) is 1. The second-order valence-corrected chi connectivity index (χ2v) is 29.8. The third-order valence-electron chi connectivity index (χ3n) is 17.7. The molecule has 0 aliphatic heterocycles. The molecule has 0 bridgehead atoms. The maximum Gasteiger partial charge on any atom is 0.472 e. The van der Waals surface area contributed by atoms with E-state index in [4.69, 9.17) is 18.5 Å². The number of esters is 2. The van der Waals surface area contributed by atoms with Crippen LogP contribution in [0.25, 0.3) is 0 Å². The van der Waals surface area contributed by atoms with Gasteiger partial charge < -0.3 is 18.9 Å². The molecule has 0 aliphatic carbocycles. The lowest BCUT2D eigenvalue weighted by Gasteiger charge is -2.24. The first-order valence-corrected chi connectivity index (χ1v) is 42.4. The van der Waals surface area contributed by atoms with E-state index in [0.717, 1.165) is 109 Å². The van der Waals surface area contributed by atoms with E-state index in [0.29, 0.717) is 17.4 Å². The lowest BCUT2D eigenvalue weighted by atomic mass is 10.0. The number of allylic oxidation sites excluding steroid dienone is 22. The largest absolute Gasteiger partial charge is 0.472 e. The topological polar surface area (TPSA) is 108 Å². The molecule has 0 saturated heterocycles. The maximum absolute atomic E-state index is 12.9. The van der Waals surface area contributed by atoms with Crippen LogP contribution in [0.1, 0.15) is 361 Å². The van der Waals surface area contributed by atoms with Gasteiger partial charge in [-0.15, -0.1) is 0 Å². The van der Waals surface area contributed by atoms with Crippen molar-refractivity contribution in [1.82, 2.24) is 0 Å². The molecule has 0 amide bonds. The highest BCUT2D eigenvalue weighted by molar-refractivity contribution is 7.47. The van der Waals surface area contributed by atoms with Crippen molar-refractivity contribution in [3.63, 3.8) is 0 Å². The number of carbonyl (C=O) groups is 2. The van der Waals surface area contributed by atoms with Crippen molar-refractivity contribution in [3.05, 3.63) is 134 Å². The number of hydrogen-bond acceptors (Lipinski definition) is 7. The van der Waals surface area contributed by atoms with E-state index in [2.05, 4.69) is 148 Å². The Labute approximate surface area is 606 Å². The van der Waals surface area contributed by atoms with Crippen molar-refractivity contribution in [2.45, 2.75) is 367 Å². The van der Waals surface area contributed by atoms with Crippen LogP contribution < -0.4 is 0 Å². The summed E-state index contributed by atoms with van der Waals surface area (Å²) < 4.78 is 34.8. The number of nitrogens with zero attached hydrogens (tertiary/aromatic N) is 1. The third kappa shape index (κ3) is 81.1. The van der Waals surface area contributed by atoms with Crippen LogP contribution in [0.2, 0.25) is 0 Å². The van der Waals surface area contributed by atoms with Gasteiger partial charge in [0.15, 0.2) is 6.10 Å². The molecule has 0 aliphatic rings. The van der Waals surface area contributed by atoms with E-state index in [-0.39, 0.29) is 32.0 Å². The van der Waals surface area contributed by atoms with Crippen LogP contribution in [0.3, 0.4) is 0 Å². The number of phosphoric acid groups is 1. The summed E-state index contributed by atoms with van der Waals surface area (Å²) in [5.41, 5.74) is 0. The van der Waals surface area contributed by atoms with Crippen LogP contribution in [0, 0.1) is 0 Å². The van der Waals surface area contributed by atoms with Gasteiger partial charge in [0, 0.05) is 12.8 Å². The zero-order chi connectivity index (χ0) is 71.1. The van der Waals surface area contributed by atoms with Gasteiger partial charge in [-0.1, -0.05) is 372 Å². The second kappa shape index (κ2) is 77.3. The van der Waals surface area contributed by atoms with Gasteiger partial charge in [0.1, 0.15) is 19.8 Å². The Morgan fingerprint density at radius 3 is 0.816 bits per heavy atom. The summed E-state index contributed by atoms with van der Waals surface area (Å²) in [6, 6.07) is 0. The van der Waals surface area contributed by atoms with Gasteiger partial charge in [-0.2, -0.15) is 0 Å². The smallest absolute Gasteiger partial charge is 0.462 e. The van der Waals surface area contributed by atoms with Crippen LogP contribution in [0.5, 0.6) is 0 Å². The predicted octanol–water partition coefficient (Wildman–Crippen LogP) is 27.5. The maximum atomic E-state index is 12.9. The number of ether oxygens (including phenoxy) is 2. The van der Waals surface area contributed by atoms with E-state index in [9.17, 15) is 19.0 Å². The second-order valence-electron chi connectivity index (χ2n) is 28.4. The number of quaternary nitrogens is 1. The van der Waals surface area contributed by atoms with Crippen molar-refractivity contribution in [3.8, 4) is 0 Å². The summed E-state index contributed by atoms with van der Waals surface area (Å²) in [5, 5.41) is 0. The zero-order valence-electron chi connectivity index (χ0n) is 64.5. The van der Waals surface area contributed by atoms with Gasteiger partial charge in [0.2, 0.25) is 0 Å². The van der Waals surface area contributed by atoms with Crippen LogP contribution in [0.15, 0.2) is 134 Å². The van der Waals surface area contributed by atoms with E-state index in [1.165, 1.54) is 218 Å². The van der Waals surface area contributed by atoms with E-state index in [1.807, 2.05) is 21.1 Å². The summed E-state index contributed by atoms with van der Waals surface area (Å²) >= 11 is 0. The average Bonchev–Trinajstić information content (AvgIpc) is 1.08. The number of unbranched alkanes of at least 4 members (excludes halogenated alkanes) is 39. The minimum atomic E-state index is -4.40. The summed E-state index contributed by atoms with van der Waals surface area (Å²) in [6.07, 6.45) is 113. The molecule has 1 N–H and O–H groups in total. The lowest BCUT2D eigenvalue weighted by molar-refractivity contribution is -0.870. The zero-order valence-corrected chi connectivity index (χ0v) is 65.4. The first-order valence-electron chi connectivity index (χ1n) is 40.9. The van der Waals surface area contributed by atoms with Gasteiger partial charge in [0.25, 0.3) is 0 Å². The van der Waals surface area contributed by atoms with Gasteiger partial charge in [-0.3, -0.25) is 18.6 Å². The molecule has 0 aromatic carbocycles. The van der Waals surface area contributed by atoms with Gasteiger partial charge in [-0.05, 0) is 109 Å². The highest BCUT2D eigenvalue weighted by Crippen LogP contribution is 2.43. The lowest BCUT2D eigenvalue weighted by Crippen LogP contribution is -2.37.